The van der Waals surface area contributed by atoms with Crippen LogP contribution in [-0.2, 0) is 6.42 Å². The van der Waals surface area contributed by atoms with Gasteiger partial charge in [0, 0.05) is 18.0 Å². The topological polar surface area (TPSA) is 49.8 Å². The van der Waals surface area contributed by atoms with Gasteiger partial charge in [0.15, 0.2) is 5.78 Å². The Labute approximate surface area is 119 Å². The lowest BCUT2D eigenvalue weighted by Gasteiger charge is -2.33. The van der Waals surface area contributed by atoms with Crippen LogP contribution < -0.4 is 4.74 Å². The summed E-state index contributed by atoms with van der Waals surface area (Å²) in [7, 11) is 0. The number of hydrogen-bond acceptors (Lipinski definition) is 4. The number of aliphatic hydroxyl groups excluding tert-OH is 1. The number of rotatable bonds is 4. The fourth-order valence-corrected chi connectivity index (χ4v) is 3.11. The number of ether oxygens (including phenoxy) is 1. The molecule has 108 valence electrons. The van der Waals surface area contributed by atoms with Gasteiger partial charge in [-0.1, -0.05) is 6.42 Å². The summed E-state index contributed by atoms with van der Waals surface area (Å²) in [6, 6.07) is 5.85. The number of carbonyl (C=O) groups is 1. The minimum Gasteiger partial charge on any atom is -0.493 e. The zero-order valence-electron chi connectivity index (χ0n) is 11.7. The monoisotopic (exact) mass is 275 g/mol. The Morgan fingerprint density at radius 2 is 2.30 bits per heavy atom. The number of likely N-dealkylation sites (tertiary alicyclic amines) is 1. The van der Waals surface area contributed by atoms with E-state index in [0.29, 0.717) is 13.2 Å². The van der Waals surface area contributed by atoms with E-state index in [0.717, 1.165) is 49.1 Å². The number of benzene rings is 1. The van der Waals surface area contributed by atoms with Crippen molar-refractivity contribution in [3.8, 4) is 5.75 Å². The summed E-state index contributed by atoms with van der Waals surface area (Å²) in [5.74, 6) is 1.05. The average Bonchev–Trinajstić information content (AvgIpc) is 2.95. The van der Waals surface area contributed by atoms with E-state index in [1.165, 1.54) is 0 Å². The fourth-order valence-electron chi connectivity index (χ4n) is 3.11. The lowest BCUT2D eigenvalue weighted by Crippen LogP contribution is -2.44. The fraction of sp³-hybridized carbons (Fsp3) is 0.562. The zero-order chi connectivity index (χ0) is 13.9. The Morgan fingerprint density at radius 3 is 3.15 bits per heavy atom. The van der Waals surface area contributed by atoms with Gasteiger partial charge in [-0.3, -0.25) is 9.69 Å². The van der Waals surface area contributed by atoms with Crippen LogP contribution in [0, 0.1) is 0 Å². The lowest BCUT2D eigenvalue weighted by atomic mass is 10.0. The highest BCUT2D eigenvalue weighted by Gasteiger charge is 2.24. The molecule has 4 nitrogen and oxygen atoms in total. The van der Waals surface area contributed by atoms with Crippen LogP contribution in [0.2, 0.25) is 0 Å². The van der Waals surface area contributed by atoms with E-state index in [2.05, 4.69) is 4.90 Å². The van der Waals surface area contributed by atoms with Crippen molar-refractivity contribution < 1.29 is 14.6 Å². The van der Waals surface area contributed by atoms with E-state index in [1.807, 2.05) is 18.2 Å². The molecule has 0 aliphatic carbocycles. The molecule has 1 aromatic rings. The van der Waals surface area contributed by atoms with Crippen LogP contribution >= 0.6 is 0 Å². The van der Waals surface area contributed by atoms with Gasteiger partial charge in [-0.2, -0.15) is 0 Å². The number of hydrogen-bond donors (Lipinski definition) is 1. The molecule has 2 aliphatic heterocycles. The Morgan fingerprint density at radius 1 is 1.40 bits per heavy atom. The summed E-state index contributed by atoms with van der Waals surface area (Å²) < 4.78 is 5.46. The maximum absolute atomic E-state index is 12.4. The smallest absolute Gasteiger partial charge is 0.176 e. The number of fused-ring (bicyclic) bond motifs is 1. The largest absolute Gasteiger partial charge is 0.493 e. The molecule has 0 radical (unpaired) electrons. The average molecular weight is 275 g/mol. The SMILES string of the molecule is O=C(CN1CCCCC1CO)c1ccc2c(c1)CCO2. The molecular weight excluding hydrogens is 254 g/mol. The van der Waals surface area contributed by atoms with Crippen molar-refractivity contribution in [2.75, 3.05) is 26.3 Å². The number of nitrogens with zero attached hydrogens (tertiary/aromatic N) is 1. The van der Waals surface area contributed by atoms with Crippen LogP contribution in [0.15, 0.2) is 18.2 Å². The molecule has 1 unspecified atom stereocenters. The molecule has 0 bridgehead atoms. The van der Waals surface area contributed by atoms with Gasteiger partial charge in [0.1, 0.15) is 5.75 Å². The molecule has 1 atom stereocenters. The minimum absolute atomic E-state index is 0.139. The van der Waals surface area contributed by atoms with E-state index in [9.17, 15) is 9.90 Å². The van der Waals surface area contributed by atoms with Gasteiger partial charge in [-0.05, 0) is 43.1 Å². The van der Waals surface area contributed by atoms with E-state index in [4.69, 9.17) is 4.74 Å². The van der Waals surface area contributed by atoms with E-state index < -0.39 is 0 Å². The summed E-state index contributed by atoms with van der Waals surface area (Å²) >= 11 is 0. The summed E-state index contributed by atoms with van der Waals surface area (Å²) in [6.45, 7) is 2.17. The highest BCUT2D eigenvalue weighted by Crippen LogP contribution is 2.26. The third-order valence-electron chi connectivity index (χ3n) is 4.32. The molecule has 1 aromatic carbocycles. The van der Waals surface area contributed by atoms with Gasteiger partial charge in [0.25, 0.3) is 0 Å². The minimum atomic E-state index is 0.139. The van der Waals surface area contributed by atoms with Gasteiger partial charge in [-0.25, -0.2) is 0 Å². The first kappa shape index (κ1) is 13.6. The molecule has 1 saturated heterocycles. The Balaban J connectivity index is 1.69. The standard InChI is InChI=1S/C16H21NO3/c18-11-14-3-1-2-7-17(14)10-15(19)12-4-5-16-13(9-12)6-8-20-16/h4-5,9,14,18H,1-3,6-8,10-11H2. The highest BCUT2D eigenvalue weighted by atomic mass is 16.5. The van der Waals surface area contributed by atoms with Crippen LogP contribution in [0.3, 0.4) is 0 Å². The maximum Gasteiger partial charge on any atom is 0.176 e. The van der Waals surface area contributed by atoms with Crippen molar-refractivity contribution in [1.29, 1.82) is 0 Å². The maximum atomic E-state index is 12.4. The molecule has 20 heavy (non-hydrogen) atoms. The van der Waals surface area contributed by atoms with Crippen LogP contribution in [-0.4, -0.2) is 48.1 Å². The van der Waals surface area contributed by atoms with Crippen molar-refractivity contribution in [3.63, 3.8) is 0 Å². The van der Waals surface area contributed by atoms with Crippen molar-refractivity contribution in [3.05, 3.63) is 29.3 Å². The summed E-state index contributed by atoms with van der Waals surface area (Å²) in [5, 5.41) is 9.40. The quantitative estimate of drug-likeness (QED) is 0.849. The molecule has 2 aliphatic rings. The molecule has 0 saturated carbocycles. The first-order valence-corrected chi connectivity index (χ1v) is 7.42. The van der Waals surface area contributed by atoms with Crippen LogP contribution in [0.4, 0.5) is 0 Å². The number of aliphatic hydroxyl groups is 1. The molecule has 0 aromatic heterocycles. The summed E-state index contributed by atoms with van der Waals surface area (Å²) in [5.41, 5.74) is 1.89. The molecular formula is C16H21NO3. The van der Waals surface area contributed by atoms with Crippen molar-refractivity contribution >= 4 is 5.78 Å². The van der Waals surface area contributed by atoms with Crippen molar-refractivity contribution in [2.45, 2.75) is 31.7 Å². The highest BCUT2D eigenvalue weighted by molar-refractivity contribution is 5.98. The van der Waals surface area contributed by atoms with Gasteiger partial charge in [-0.15, -0.1) is 0 Å². The second-order valence-corrected chi connectivity index (χ2v) is 5.65. The van der Waals surface area contributed by atoms with Gasteiger partial charge >= 0.3 is 0 Å². The Kier molecular flexibility index (Phi) is 4.03. The molecule has 0 amide bonds. The predicted molar refractivity (Wildman–Crippen MR) is 76.3 cm³/mol. The van der Waals surface area contributed by atoms with Crippen LogP contribution in [0.25, 0.3) is 0 Å². The third kappa shape index (κ3) is 2.72. The van der Waals surface area contributed by atoms with Crippen molar-refractivity contribution in [2.24, 2.45) is 0 Å². The van der Waals surface area contributed by atoms with Gasteiger partial charge in [0.05, 0.1) is 19.8 Å². The second kappa shape index (κ2) is 5.94. The summed E-state index contributed by atoms with van der Waals surface area (Å²) in [4.78, 5) is 14.5. The van der Waals surface area contributed by atoms with Crippen molar-refractivity contribution in [1.82, 2.24) is 4.90 Å². The van der Waals surface area contributed by atoms with Crippen LogP contribution in [0.1, 0.15) is 35.2 Å². The van der Waals surface area contributed by atoms with E-state index in [1.54, 1.807) is 0 Å². The summed E-state index contributed by atoms with van der Waals surface area (Å²) in [6.07, 6.45) is 4.13. The molecule has 1 fully saturated rings. The predicted octanol–water partition coefficient (Wildman–Crippen LogP) is 1.65. The molecule has 3 rings (SSSR count). The van der Waals surface area contributed by atoms with E-state index in [-0.39, 0.29) is 18.4 Å². The first-order chi connectivity index (χ1) is 9.78. The number of piperidine rings is 1. The molecule has 1 N–H and O–H groups in total. The van der Waals surface area contributed by atoms with Gasteiger partial charge in [0.2, 0.25) is 0 Å². The first-order valence-electron chi connectivity index (χ1n) is 7.42. The third-order valence-corrected chi connectivity index (χ3v) is 4.32. The van der Waals surface area contributed by atoms with Crippen LogP contribution in [0.5, 0.6) is 5.75 Å². The molecule has 2 heterocycles. The Hall–Kier alpha value is -1.39. The number of carbonyl (C=O) groups excluding carboxylic acids is 1. The normalized spacial score (nSPS) is 22.4. The van der Waals surface area contributed by atoms with E-state index >= 15 is 0 Å². The lowest BCUT2D eigenvalue weighted by molar-refractivity contribution is 0.0711. The Bertz CT molecular complexity index is 500. The molecule has 0 spiro atoms. The number of Topliss-reactive ketones (excluding diaryl/α,β-unsaturated/α-hetero) is 1. The molecule has 4 heteroatoms. The van der Waals surface area contributed by atoms with Gasteiger partial charge < -0.3 is 9.84 Å². The number of ketones is 1. The second-order valence-electron chi connectivity index (χ2n) is 5.65. The zero-order valence-corrected chi connectivity index (χ0v) is 11.7.